The average molecular weight is 693 g/mol. The van der Waals surface area contributed by atoms with Crippen LogP contribution in [0.1, 0.15) is 48.3 Å². The number of carbonyl (C=O) groups excluding carboxylic acids is 4. The fourth-order valence-corrected chi connectivity index (χ4v) is 6.34. The van der Waals surface area contributed by atoms with Gasteiger partial charge < -0.3 is 15.5 Å². The third kappa shape index (κ3) is 4.95. The van der Waals surface area contributed by atoms with Gasteiger partial charge in [0, 0.05) is 24.4 Å². The number of anilines is 2. The van der Waals surface area contributed by atoms with E-state index in [0.29, 0.717) is 46.3 Å². The lowest BCUT2D eigenvalue weighted by Gasteiger charge is -2.27. The maximum absolute atomic E-state index is 13.7. The van der Waals surface area contributed by atoms with E-state index < -0.39 is 6.04 Å². The van der Waals surface area contributed by atoms with Crippen LogP contribution in [0, 0.1) is 12.8 Å². The van der Waals surface area contributed by atoms with Crippen LogP contribution in [0.5, 0.6) is 0 Å². The Morgan fingerprint density at radius 2 is 2.00 bits per heavy atom. The Bertz CT molecular complexity index is 1500. The first-order chi connectivity index (χ1) is 18.0. The van der Waals surface area contributed by atoms with Crippen molar-refractivity contribution in [1.82, 2.24) is 19.7 Å². The SMILES string of the molecule is CC(=O)c1nn(CC(=O)N2[C@H](I)[C@@H](C)C[C@H]2C(=O)Nc2nc(Br)ccc2C)c2cc3c(cc12)NC(=O)CC3. The molecule has 0 radical (unpaired) electrons. The standard InChI is InChI=1S/C26H26BrIN6O4/c1-12-4-6-20(27)30-25(12)31-26(38)19-8-13(2)24(28)34(19)22(37)11-33-18-9-15-5-7-21(36)29-17(15)10-16(18)23(32-33)14(3)35/h4,6,9-10,13,19,24H,5,7-8,11H2,1-3H3,(H,29,36)(H,30,31,38)/t13-,19-,24-/m0/s1. The summed E-state index contributed by atoms with van der Waals surface area (Å²) in [5.41, 5.74) is 3.29. The maximum atomic E-state index is 13.7. The summed E-state index contributed by atoms with van der Waals surface area (Å²) in [6, 6.07) is 6.63. The normalized spacial score (nSPS) is 20.8. The number of benzene rings is 1. The van der Waals surface area contributed by atoms with E-state index in [2.05, 4.69) is 59.2 Å². The highest BCUT2D eigenvalue weighted by Crippen LogP contribution is 2.36. The second-order valence-corrected chi connectivity index (χ2v) is 11.9. The molecule has 0 aliphatic carbocycles. The van der Waals surface area contributed by atoms with E-state index >= 15 is 0 Å². The van der Waals surface area contributed by atoms with E-state index in [0.717, 1.165) is 11.1 Å². The fourth-order valence-electron chi connectivity index (χ4n) is 5.04. The number of rotatable bonds is 5. The molecule has 198 valence electrons. The van der Waals surface area contributed by atoms with Gasteiger partial charge in [-0.1, -0.05) is 35.6 Å². The number of halogens is 2. The van der Waals surface area contributed by atoms with Gasteiger partial charge in [-0.2, -0.15) is 5.10 Å². The minimum absolute atomic E-state index is 0.0717. The first kappa shape index (κ1) is 26.7. The molecule has 0 unspecified atom stereocenters. The Balaban J connectivity index is 1.45. The van der Waals surface area contributed by atoms with E-state index in [1.54, 1.807) is 17.0 Å². The highest BCUT2D eigenvalue weighted by atomic mass is 127. The Kier molecular flexibility index (Phi) is 7.29. The van der Waals surface area contributed by atoms with E-state index in [1.165, 1.54) is 11.6 Å². The number of nitrogens with one attached hydrogen (secondary N) is 2. The molecule has 2 aliphatic rings. The first-order valence-corrected chi connectivity index (χ1v) is 14.3. The van der Waals surface area contributed by atoms with Gasteiger partial charge in [0.05, 0.1) is 9.57 Å². The van der Waals surface area contributed by atoms with Crippen molar-refractivity contribution in [3.63, 3.8) is 0 Å². The molecule has 38 heavy (non-hydrogen) atoms. The van der Waals surface area contributed by atoms with Gasteiger partial charge in [0.15, 0.2) is 5.78 Å². The second-order valence-electron chi connectivity index (χ2n) is 9.83. The van der Waals surface area contributed by atoms with Crippen molar-refractivity contribution in [1.29, 1.82) is 0 Å². The second kappa shape index (κ2) is 10.4. The number of aromatic nitrogens is 3. The zero-order valence-corrected chi connectivity index (χ0v) is 24.8. The van der Waals surface area contributed by atoms with Crippen molar-refractivity contribution in [3.05, 3.63) is 45.7 Å². The van der Waals surface area contributed by atoms with Crippen LogP contribution < -0.4 is 10.6 Å². The Labute approximate surface area is 241 Å². The molecule has 1 fully saturated rings. The van der Waals surface area contributed by atoms with Gasteiger partial charge in [-0.05, 0) is 70.9 Å². The molecule has 2 N–H and O–H groups in total. The van der Waals surface area contributed by atoms with Crippen molar-refractivity contribution >= 4 is 84.4 Å². The summed E-state index contributed by atoms with van der Waals surface area (Å²) in [5.74, 6) is -0.320. The van der Waals surface area contributed by atoms with Crippen LogP contribution in [-0.2, 0) is 27.3 Å². The topological polar surface area (TPSA) is 126 Å². The molecular formula is C26H26BrIN6O4. The highest BCUT2D eigenvalue weighted by molar-refractivity contribution is 14.1. The molecule has 1 aromatic carbocycles. The molecular weight excluding hydrogens is 667 g/mol. The number of amides is 3. The van der Waals surface area contributed by atoms with Crippen LogP contribution >= 0.6 is 38.5 Å². The van der Waals surface area contributed by atoms with Crippen molar-refractivity contribution < 1.29 is 19.2 Å². The van der Waals surface area contributed by atoms with Crippen LogP contribution in [0.3, 0.4) is 0 Å². The molecule has 2 aromatic heterocycles. The maximum Gasteiger partial charge on any atom is 0.248 e. The van der Waals surface area contributed by atoms with Crippen LogP contribution in [0.4, 0.5) is 11.5 Å². The van der Waals surface area contributed by atoms with Crippen molar-refractivity contribution in [2.45, 2.75) is 56.7 Å². The summed E-state index contributed by atoms with van der Waals surface area (Å²) < 4.78 is 1.95. The van der Waals surface area contributed by atoms with E-state index in [1.807, 2.05) is 26.0 Å². The molecule has 0 bridgehead atoms. The van der Waals surface area contributed by atoms with Crippen molar-refractivity contribution in [2.75, 3.05) is 10.6 Å². The van der Waals surface area contributed by atoms with Crippen LogP contribution in [0.2, 0.25) is 0 Å². The van der Waals surface area contributed by atoms with Gasteiger partial charge in [0.1, 0.15) is 28.7 Å². The van der Waals surface area contributed by atoms with Gasteiger partial charge in [-0.25, -0.2) is 4.98 Å². The molecule has 3 aromatic rings. The molecule has 3 amide bonds. The lowest BCUT2D eigenvalue weighted by molar-refractivity contribution is -0.137. The largest absolute Gasteiger partial charge is 0.326 e. The summed E-state index contributed by atoms with van der Waals surface area (Å²) in [7, 11) is 0. The van der Waals surface area contributed by atoms with Crippen molar-refractivity contribution in [3.8, 4) is 0 Å². The summed E-state index contributed by atoms with van der Waals surface area (Å²) in [4.78, 5) is 57.3. The first-order valence-electron chi connectivity index (χ1n) is 12.3. The number of nitrogens with zero attached hydrogens (tertiary/aromatic N) is 4. The molecule has 12 heteroatoms. The zero-order valence-electron chi connectivity index (χ0n) is 21.0. The molecule has 10 nitrogen and oxygen atoms in total. The number of ketones is 1. The third-order valence-electron chi connectivity index (χ3n) is 7.05. The lowest BCUT2D eigenvalue weighted by atomic mass is 10.00. The fraction of sp³-hybridized carbons (Fsp3) is 0.385. The minimum Gasteiger partial charge on any atom is -0.326 e. The van der Waals surface area contributed by atoms with Crippen LogP contribution in [0.15, 0.2) is 28.9 Å². The molecule has 0 saturated carbocycles. The Morgan fingerprint density at radius 3 is 2.74 bits per heavy atom. The lowest BCUT2D eigenvalue weighted by Crippen LogP contribution is -2.47. The van der Waals surface area contributed by atoms with Crippen LogP contribution in [0.25, 0.3) is 10.9 Å². The predicted octanol–water partition coefficient (Wildman–Crippen LogP) is 4.23. The van der Waals surface area contributed by atoms with Crippen LogP contribution in [-0.4, -0.2) is 53.3 Å². The molecule has 3 atom stereocenters. The summed E-state index contributed by atoms with van der Waals surface area (Å²) in [6.07, 6.45) is 1.46. The summed E-state index contributed by atoms with van der Waals surface area (Å²) in [5, 5.41) is 10.8. The summed E-state index contributed by atoms with van der Waals surface area (Å²) >= 11 is 5.55. The van der Waals surface area contributed by atoms with E-state index in [9.17, 15) is 19.2 Å². The third-order valence-corrected chi connectivity index (χ3v) is 9.32. The summed E-state index contributed by atoms with van der Waals surface area (Å²) in [6.45, 7) is 5.17. The number of alkyl halides is 1. The molecule has 0 spiro atoms. The number of Topliss-reactive ketones (excluding diaryl/α,β-unsaturated/α-hetero) is 1. The molecule has 5 rings (SSSR count). The molecule has 1 saturated heterocycles. The average Bonchev–Trinajstić information content (AvgIpc) is 3.36. The molecule has 4 heterocycles. The van der Waals surface area contributed by atoms with Gasteiger partial charge in [-0.3, -0.25) is 23.9 Å². The Morgan fingerprint density at radius 1 is 1.24 bits per heavy atom. The monoisotopic (exact) mass is 692 g/mol. The van der Waals surface area contributed by atoms with Gasteiger partial charge in [0.25, 0.3) is 0 Å². The molecule has 2 aliphatic heterocycles. The number of likely N-dealkylation sites (tertiary alicyclic amines) is 1. The minimum atomic E-state index is -0.670. The van der Waals surface area contributed by atoms with Gasteiger partial charge >= 0.3 is 0 Å². The predicted molar refractivity (Wildman–Crippen MR) is 154 cm³/mol. The highest BCUT2D eigenvalue weighted by Gasteiger charge is 2.44. The van der Waals surface area contributed by atoms with Gasteiger partial charge in [0.2, 0.25) is 17.7 Å². The van der Waals surface area contributed by atoms with Crippen molar-refractivity contribution in [2.24, 2.45) is 5.92 Å². The number of fused-ring (bicyclic) bond motifs is 2. The smallest absolute Gasteiger partial charge is 0.248 e. The number of hydrogen-bond donors (Lipinski definition) is 2. The Hall–Kier alpha value is -2.87. The number of pyridine rings is 1. The number of carbonyl (C=O) groups is 4. The quantitative estimate of drug-likeness (QED) is 0.136. The zero-order chi connectivity index (χ0) is 27.3. The number of hydrogen-bond acceptors (Lipinski definition) is 6. The number of aryl methyl sites for hydroxylation is 2. The van der Waals surface area contributed by atoms with E-state index in [4.69, 9.17) is 0 Å². The van der Waals surface area contributed by atoms with Gasteiger partial charge in [-0.15, -0.1) is 0 Å². The van der Waals surface area contributed by atoms with E-state index in [-0.39, 0.29) is 45.7 Å².